The van der Waals surface area contributed by atoms with E-state index in [2.05, 4.69) is 20.4 Å². The number of nitrogens with zero attached hydrogens (tertiary/aromatic N) is 5. The van der Waals surface area contributed by atoms with Gasteiger partial charge in [0.25, 0.3) is 0 Å². The smallest absolute Gasteiger partial charge is 0.239 e. The summed E-state index contributed by atoms with van der Waals surface area (Å²) in [6, 6.07) is -0.690. The Morgan fingerprint density at radius 1 is 1.70 bits per heavy atom. The number of primary amides is 1. The summed E-state index contributed by atoms with van der Waals surface area (Å²) in [5.74, 6) is -0.0166. The first-order valence-corrected chi connectivity index (χ1v) is 6.14. The fraction of sp³-hybridized carbons (Fsp3) is 0.636. The van der Waals surface area contributed by atoms with E-state index in [1.54, 1.807) is 18.7 Å². The monoisotopic (exact) mass is 281 g/mol. The number of aryl methyl sites for hydroxylation is 2. The van der Waals surface area contributed by atoms with Gasteiger partial charge in [0.15, 0.2) is 0 Å². The van der Waals surface area contributed by atoms with Crippen molar-refractivity contribution in [3.63, 3.8) is 0 Å². The first kappa shape index (κ1) is 15.8. The average Bonchev–Trinajstić information content (AvgIpc) is 2.67. The summed E-state index contributed by atoms with van der Waals surface area (Å²) in [6.07, 6.45) is 0.607. The molecule has 0 fully saturated rings. The van der Waals surface area contributed by atoms with Gasteiger partial charge in [-0.1, -0.05) is 5.11 Å². The lowest BCUT2D eigenvalue weighted by atomic mass is 10.1. The van der Waals surface area contributed by atoms with E-state index in [-0.39, 0.29) is 0 Å². The lowest BCUT2D eigenvalue weighted by Crippen LogP contribution is -2.35. The first-order chi connectivity index (χ1) is 9.52. The molecule has 1 amide bonds. The fourth-order valence-corrected chi connectivity index (χ4v) is 2.01. The fourth-order valence-electron chi connectivity index (χ4n) is 2.01. The Kier molecular flexibility index (Phi) is 5.82. The van der Waals surface area contributed by atoms with Crippen LogP contribution in [0.1, 0.15) is 23.7 Å². The molecule has 9 heteroatoms. The second-order valence-corrected chi connectivity index (χ2v) is 4.23. The predicted octanol–water partition coefficient (Wildman–Crippen LogP) is 0.554. The van der Waals surface area contributed by atoms with Gasteiger partial charge < -0.3 is 15.8 Å². The Hall–Kier alpha value is -2.25. The van der Waals surface area contributed by atoms with E-state index in [1.165, 1.54) is 7.11 Å². The maximum absolute atomic E-state index is 11.6. The Labute approximate surface area is 116 Å². The van der Waals surface area contributed by atoms with Crippen molar-refractivity contribution in [1.82, 2.24) is 15.1 Å². The van der Waals surface area contributed by atoms with Gasteiger partial charge in [-0.2, -0.15) is 5.10 Å². The molecule has 0 aromatic carbocycles. The maximum Gasteiger partial charge on any atom is 0.239 e. The zero-order valence-corrected chi connectivity index (χ0v) is 11.8. The van der Waals surface area contributed by atoms with Gasteiger partial charge in [-0.25, -0.2) is 4.68 Å². The molecule has 0 aliphatic heterocycles. The van der Waals surface area contributed by atoms with Crippen LogP contribution in [0.15, 0.2) is 5.11 Å². The number of nitrogens with two attached hydrogens (primary N) is 1. The number of amides is 1. The van der Waals surface area contributed by atoms with E-state index in [4.69, 9.17) is 16.0 Å². The zero-order chi connectivity index (χ0) is 15.1. The summed E-state index contributed by atoms with van der Waals surface area (Å²) in [5.41, 5.74) is 14.9. The molecule has 3 N–H and O–H groups in total. The summed E-state index contributed by atoms with van der Waals surface area (Å²) in [4.78, 5) is 14.3. The van der Waals surface area contributed by atoms with Gasteiger partial charge in [0.05, 0.1) is 18.4 Å². The minimum atomic E-state index is -0.690. The molecule has 110 valence electrons. The van der Waals surface area contributed by atoms with E-state index in [0.717, 1.165) is 0 Å². The summed E-state index contributed by atoms with van der Waals surface area (Å²) in [6.45, 7) is 2.64. The highest BCUT2D eigenvalue weighted by molar-refractivity contribution is 5.82. The third kappa shape index (κ3) is 3.62. The maximum atomic E-state index is 11.6. The Balaban J connectivity index is 2.86. The molecule has 0 bridgehead atoms. The van der Waals surface area contributed by atoms with Gasteiger partial charge in [0.1, 0.15) is 6.04 Å². The molecule has 9 nitrogen and oxygen atoms in total. The van der Waals surface area contributed by atoms with E-state index >= 15 is 0 Å². The average molecular weight is 281 g/mol. The second kappa shape index (κ2) is 7.37. The Bertz CT molecular complexity index is 519. The highest BCUT2D eigenvalue weighted by Gasteiger charge is 2.26. The molecule has 1 aromatic heterocycles. The number of hydrogen-bond acceptors (Lipinski definition) is 5. The van der Waals surface area contributed by atoms with Gasteiger partial charge in [0, 0.05) is 18.5 Å². The molecule has 0 saturated carbocycles. The lowest BCUT2D eigenvalue weighted by Gasteiger charge is -2.16. The van der Waals surface area contributed by atoms with Crippen molar-refractivity contribution in [2.24, 2.45) is 17.9 Å². The van der Waals surface area contributed by atoms with Gasteiger partial charge in [-0.15, -0.1) is 0 Å². The quantitative estimate of drug-likeness (QED) is 0.312. The summed E-state index contributed by atoms with van der Waals surface area (Å²) in [7, 11) is 3.24. The van der Waals surface area contributed by atoms with Crippen LogP contribution in [-0.2, 0) is 11.8 Å². The molecule has 0 spiro atoms. The molecule has 0 saturated heterocycles. The number of rotatable bonds is 8. The highest BCUT2D eigenvalue weighted by atomic mass is 16.5. The molecule has 1 aromatic rings. The van der Waals surface area contributed by atoms with Gasteiger partial charge >= 0.3 is 0 Å². The molecule has 1 rings (SSSR count). The topological polar surface area (TPSA) is 131 Å². The van der Waals surface area contributed by atoms with E-state index in [9.17, 15) is 4.79 Å². The number of ether oxygens (including phenoxy) is 1. The number of aromatic nitrogens is 2. The molecule has 1 heterocycles. The zero-order valence-electron chi connectivity index (χ0n) is 11.8. The van der Waals surface area contributed by atoms with Crippen LogP contribution in [0, 0.1) is 6.92 Å². The van der Waals surface area contributed by atoms with Gasteiger partial charge in [-0.05, 0) is 25.4 Å². The van der Waals surface area contributed by atoms with Crippen LogP contribution in [0.3, 0.4) is 0 Å². The first-order valence-electron chi connectivity index (χ1n) is 6.14. The van der Waals surface area contributed by atoms with Gasteiger partial charge in [-0.3, -0.25) is 4.79 Å². The minimum absolute atomic E-state index is 0.359. The summed E-state index contributed by atoms with van der Waals surface area (Å²) in [5, 5.41) is 10.7. The number of carbonyl (C=O) groups excluding carboxylic acids is 1. The Morgan fingerprint density at radius 2 is 2.40 bits per heavy atom. The van der Waals surface area contributed by atoms with Crippen molar-refractivity contribution in [2.45, 2.75) is 19.4 Å². The number of methoxy groups -OCH3 is 1. The lowest BCUT2D eigenvalue weighted by molar-refractivity contribution is -0.120. The van der Waals surface area contributed by atoms with Crippen LogP contribution in [0.25, 0.3) is 10.4 Å². The molecule has 0 aliphatic rings. The van der Waals surface area contributed by atoms with Crippen molar-refractivity contribution in [3.8, 4) is 5.88 Å². The number of hydrogen-bond donors (Lipinski definition) is 2. The molecular weight excluding hydrogens is 262 g/mol. The van der Waals surface area contributed by atoms with E-state index in [1.807, 2.05) is 0 Å². The van der Waals surface area contributed by atoms with Crippen LogP contribution in [0.2, 0.25) is 0 Å². The van der Waals surface area contributed by atoms with Crippen LogP contribution in [0.4, 0.5) is 0 Å². The van der Waals surface area contributed by atoms with Crippen molar-refractivity contribution in [2.75, 3.05) is 20.2 Å². The van der Waals surface area contributed by atoms with Gasteiger partial charge in [0.2, 0.25) is 11.8 Å². The second-order valence-electron chi connectivity index (χ2n) is 4.23. The number of nitrogens with one attached hydrogen (secondary N) is 1. The molecule has 1 unspecified atom stereocenters. The summed E-state index contributed by atoms with van der Waals surface area (Å²) >= 11 is 0. The van der Waals surface area contributed by atoms with Crippen LogP contribution in [0.5, 0.6) is 5.88 Å². The Morgan fingerprint density at radius 3 is 2.95 bits per heavy atom. The number of carbonyl (C=O) groups is 1. The molecule has 0 radical (unpaired) electrons. The summed E-state index contributed by atoms with van der Waals surface area (Å²) < 4.78 is 6.82. The molecule has 20 heavy (non-hydrogen) atoms. The van der Waals surface area contributed by atoms with Crippen LogP contribution >= 0.6 is 0 Å². The highest BCUT2D eigenvalue weighted by Crippen LogP contribution is 2.27. The molecule has 0 aliphatic carbocycles. The van der Waals surface area contributed by atoms with Crippen LogP contribution in [-0.4, -0.2) is 35.9 Å². The molecule has 1 atom stereocenters. The van der Waals surface area contributed by atoms with E-state index < -0.39 is 11.9 Å². The third-order valence-corrected chi connectivity index (χ3v) is 2.83. The molecular formula is C11H19N7O2. The van der Waals surface area contributed by atoms with Crippen LogP contribution < -0.4 is 15.8 Å². The number of azide groups is 1. The van der Waals surface area contributed by atoms with Crippen molar-refractivity contribution in [3.05, 3.63) is 21.7 Å². The SMILES string of the molecule is COc1c(C(NCCCN=[N+]=[N-])C(N)=O)c(C)nn1C. The van der Waals surface area contributed by atoms with Crippen molar-refractivity contribution < 1.29 is 9.53 Å². The predicted molar refractivity (Wildman–Crippen MR) is 73.1 cm³/mol. The van der Waals surface area contributed by atoms with Crippen molar-refractivity contribution in [1.29, 1.82) is 0 Å². The van der Waals surface area contributed by atoms with E-state index in [0.29, 0.717) is 36.6 Å². The third-order valence-electron chi connectivity index (χ3n) is 2.83. The standard InChI is InChI=1S/C11H19N7O2/c1-7-8(11(20-3)18(2)16-7)9(10(12)19)14-5-4-6-15-17-13/h9,14H,4-6H2,1-3H3,(H2,12,19). The normalized spacial score (nSPS) is 11.8. The van der Waals surface area contributed by atoms with Crippen molar-refractivity contribution >= 4 is 5.91 Å². The largest absolute Gasteiger partial charge is 0.481 e. The minimum Gasteiger partial charge on any atom is -0.481 e.